The number of benzene rings is 1. The molecular weight excluding hydrogens is 176 g/mol. The maximum absolute atomic E-state index is 9.01. The summed E-state index contributed by atoms with van der Waals surface area (Å²) in [6.07, 6.45) is 1.01. The van der Waals surface area contributed by atoms with Crippen LogP contribution >= 0.6 is 0 Å². The van der Waals surface area contributed by atoms with E-state index in [1.165, 1.54) is 0 Å². The monoisotopic (exact) mass is 194 g/mol. The Hall–Kier alpha value is -1.02. The lowest BCUT2D eigenvalue weighted by molar-refractivity contribution is 0.280. The molecule has 2 heteroatoms. The van der Waals surface area contributed by atoms with Gasteiger partial charge in [-0.2, -0.15) is 0 Å². The molecule has 1 N–H and O–H groups in total. The van der Waals surface area contributed by atoms with Crippen LogP contribution in [0.4, 0.5) is 0 Å². The number of aliphatic hydroxyl groups is 1. The summed E-state index contributed by atoms with van der Waals surface area (Å²) in [5.41, 5.74) is 3.15. The molecule has 0 amide bonds. The summed E-state index contributed by atoms with van der Waals surface area (Å²) in [4.78, 5) is 0. The first kappa shape index (κ1) is 11.1. The maximum atomic E-state index is 9.01. The third-order valence-electron chi connectivity index (χ3n) is 2.15. The quantitative estimate of drug-likeness (QED) is 0.798. The first-order valence-corrected chi connectivity index (χ1v) is 5.02. The Kier molecular flexibility index (Phi) is 3.96. The van der Waals surface area contributed by atoms with Gasteiger partial charge in [0.2, 0.25) is 0 Å². The van der Waals surface area contributed by atoms with Gasteiger partial charge in [-0.1, -0.05) is 19.1 Å². The van der Waals surface area contributed by atoms with Gasteiger partial charge in [-0.25, -0.2) is 0 Å². The lowest BCUT2D eigenvalue weighted by Gasteiger charge is -2.12. The molecule has 0 heterocycles. The van der Waals surface area contributed by atoms with Crippen LogP contribution < -0.4 is 4.74 Å². The highest BCUT2D eigenvalue weighted by molar-refractivity contribution is 5.43. The SMILES string of the molecule is CCCOc1c(C)cc(CO)cc1C. The van der Waals surface area contributed by atoms with E-state index in [4.69, 9.17) is 9.84 Å². The lowest BCUT2D eigenvalue weighted by atomic mass is 10.1. The normalized spacial score (nSPS) is 10.3. The molecule has 0 radical (unpaired) electrons. The number of ether oxygens (including phenoxy) is 1. The summed E-state index contributed by atoms with van der Waals surface area (Å²) in [6.45, 7) is 6.96. The molecule has 0 spiro atoms. The van der Waals surface area contributed by atoms with E-state index in [-0.39, 0.29) is 6.61 Å². The number of hydrogen-bond donors (Lipinski definition) is 1. The van der Waals surface area contributed by atoms with Crippen molar-refractivity contribution in [1.29, 1.82) is 0 Å². The fourth-order valence-electron chi connectivity index (χ4n) is 1.56. The number of aryl methyl sites for hydroxylation is 2. The molecule has 1 aromatic rings. The van der Waals surface area contributed by atoms with Gasteiger partial charge in [0, 0.05) is 0 Å². The van der Waals surface area contributed by atoms with Crippen LogP contribution in [0.15, 0.2) is 12.1 Å². The molecular formula is C12H18O2. The molecule has 0 atom stereocenters. The van der Waals surface area contributed by atoms with E-state index in [1.54, 1.807) is 0 Å². The van der Waals surface area contributed by atoms with Gasteiger partial charge in [-0.3, -0.25) is 0 Å². The summed E-state index contributed by atoms with van der Waals surface area (Å²) >= 11 is 0. The zero-order valence-corrected chi connectivity index (χ0v) is 9.13. The van der Waals surface area contributed by atoms with E-state index in [0.717, 1.165) is 35.5 Å². The Bertz CT molecular complexity index is 282. The van der Waals surface area contributed by atoms with E-state index >= 15 is 0 Å². The molecule has 0 saturated heterocycles. The predicted molar refractivity (Wildman–Crippen MR) is 57.6 cm³/mol. The Labute approximate surface area is 85.5 Å². The average Bonchev–Trinajstić information content (AvgIpc) is 2.16. The van der Waals surface area contributed by atoms with Crippen LogP contribution in [0, 0.1) is 13.8 Å². The highest BCUT2D eigenvalue weighted by Gasteiger charge is 2.05. The Balaban J connectivity index is 2.93. The minimum absolute atomic E-state index is 0.0930. The molecule has 0 aliphatic carbocycles. The van der Waals surface area contributed by atoms with Crippen LogP contribution in [0.5, 0.6) is 5.75 Å². The smallest absolute Gasteiger partial charge is 0.125 e. The Morgan fingerprint density at radius 2 is 1.79 bits per heavy atom. The van der Waals surface area contributed by atoms with Crippen LogP contribution in [0.3, 0.4) is 0 Å². The second kappa shape index (κ2) is 5.01. The molecule has 0 saturated carbocycles. The molecule has 0 aliphatic heterocycles. The molecule has 2 nitrogen and oxygen atoms in total. The fourth-order valence-corrected chi connectivity index (χ4v) is 1.56. The van der Waals surface area contributed by atoms with E-state index in [1.807, 2.05) is 26.0 Å². The summed E-state index contributed by atoms with van der Waals surface area (Å²) in [6, 6.07) is 3.94. The molecule has 14 heavy (non-hydrogen) atoms. The van der Waals surface area contributed by atoms with Crippen molar-refractivity contribution in [3.05, 3.63) is 28.8 Å². The number of rotatable bonds is 4. The lowest BCUT2D eigenvalue weighted by Crippen LogP contribution is -2.00. The first-order valence-electron chi connectivity index (χ1n) is 5.02. The highest BCUT2D eigenvalue weighted by atomic mass is 16.5. The van der Waals surface area contributed by atoms with Crippen molar-refractivity contribution in [2.45, 2.75) is 33.8 Å². The second-order valence-corrected chi connectivity index (χ2v) is 3.57. The zero-order valence-electron chi connectivity index (χ0n) is 9.13. The number of aliphatic hydroxyl groups excluding tert-OH is 1. The third kappa shape index (κ3) is 2.48. The van der Waals surface area contributed by atoms with Gasteiger partial charge in [-0.15, -0.1) is 0 Å². The van der Waals surface area contributed by atoms with Crippen LogP contribution in [0.2, 0.25) is 0 Å². The Morgan fingerprint density at radius 3 is 2.21 bits per heavy atom. The van der Waals surface area contributed by atoms with Crippen molar-refractivity contribution < 1.29 is 9.84 Å². The molecule has 0 unspecified atom stereocenters. The van der Waals surface area contributed by atoms with E-state index in [9.17, 15) is 0 Å². The van der Waals surface area contributed by atoms with Gasteiger partial charge in [0.15, 0.2) is 0 Å². The van der Waals surface area contributed by atoms with Crippen LogP contribution in [0.1, 0.15) is 30.0 Å². The summed E-state index contributed by atoms with van der Waals surface area (Å²) in [5.74, 6) is 0.962. The van der Waals surface area contributed by atoms with Crippen molar-refractivity contribution >= 4 is 0 Å². The molecule has 0 aromatic heterocycles. The zero-order chi connectivity index (χ0) is 10.6. The Morgan fingerprint density at radius 1 is 1.21 bits per heavy atom. The minimum atomic E-state index is 0.0930. The van der Waals surface area contributed by atoms with Gasteiger partial charge in [0.25, 0.3) is 0 Å². The molecule has 1 aromatic carbocycles. The highest BCUT2D eigenvalue weighted by Crippen LogP contribution is 2.24. The fraction of sp³-hybridized carbons (Fsp3) is 0.500. The molecule has 78 valence electrons. The minimum Gasteiger partial charge on any atom is -0.493 e. The molecule has 0 fully saturated rings. The largest absolute Gasteiger partial charge is 0.493 e. The van der Waals surface area contributed by atoms with Crippen molar-refractivity contribution in [2.75, 3.05) is 6.61 Å². The van der Waals surface area contributed by atoms with Crippen molar-refractivity contribution in [1.82, 2.24) is 0 Å². The summed E-state index contributed by atoms with van der Waals surface area (Å²) in [5, 5.41) is 9.01. The van der Waals surface area contributed by atoms with Gasteiger partial charge in [0.1, 0.15) is 5.75 Å². The van der Waals surface area contributed by atoms with Crippen LogP contribution in [-0.2, 0) is 6.61 Å². The van der Waals surface area contributed by atoms with Crippen LogP contribution in [-0.4, -0.2) is 11.7 Å². The van der Waals surface area contributed by atoms with Crippen LogP contribution in [0.25, 0.3) is 0 Å². The average molecular weight is 194 g/mol. The van der Waals surface area contributed by atoms with Gasteiger partial charge < -0.3 is 9.84 Å². The van der Waals surface area contributed by atoms with Gasteiger partial charge in [-0.05, 0) is 37.0 Å². The first-order chi connectivity index (χ1) is 6.69. The van der Waals surface area contributed by atoms with E-state index in [2.05, 4.69) is 6.92 Å². The third-order valence-corrected chi connectivity index (χ3v) is 2.15. The molecule has 0 bridgehead atoms. The van der Waals surface area contributed by atoms with Crippen molar-refractivity contribution in [3.8, 4) is 5.75 Å². The van der Waals surface area contributed by atoms with Gasteiger partial charge >= 0.3 is 0 Å². The number of hydrogen-bond acceptors (Lipinski definition) is 2. The van der Waals surface area contributed by atoms with Crippen molar-refractivity contribution in [2.24, 2.45) is 0 Å². The molecule has 1 rings (SSSR count). The summed E-state index contributed by atoms with van der Waals surface area (Å²) < 4.78 is 5.63. The maximum Gasteiger partial charge on any atom is 0.125 e. The van der Waals surface area contributed by atoms with E-state index in [0.29, 0.717) is 0 Å². The molecule has 0 aliphatic rings. The predicted octanol–water partition coefficient (Wildman–Crippen LogP) is 2.58. The second-order valence-electron chi connectivity index (χ2n) is 3.57. The topological polar surface area (TPSA) is 29.5 Å². The van der Waals surface area contributed by atoms with Crippen molar-refractivity contribution in [3.63, 3.8) is 0 Å². The summed E-state index contributed by atoms with van der Waals surface area (Å²) in [7, 11) is 0. The standard InChI is InChI=1S/C12H18O2/c1-4-5-14-12-9(2)6-11(8-13)7-10(12)3/h6-7,13H,4-5,8H2,1-3H3. The van der Waals surface area contributed by atoms with E-state index < -0.39 is 0 Å². The van der Waals surface area contributed by atoms with Gasteiger partial charge in [0.05, 0.1) is 13.2 Å².